The van der Waals surface area contributed by atoms with E-state index in [1.54, 1.807) is 6.07 Å². The van der Waals surface area contributed by atoms with Crippen LogP contribution in [-0.2, 0) is 11.3 Å². The minimum atomic E-state index is -0.298. The van der Waals surface area contributed by atoms with Gasteiger partial charge in [-0.15, -0.1) is 0 Å². The largest absolute Gasteiger partial charge is 0.379 e. The maximum absolute atomic E-state index is 12.6. The monoisotopic (exact) mass is 224 g/mol. The van der Waals surface area contributed by atoms with Gasteiger partial charge in [-0.1, -0.05) is 13.8 Å². The average molecular weight is 224 g/mol. The Balaban J connectivity index is 1.90. The second-order valence-electron chi connectivity index (χ2n) is 4.90. The van der Waals surface area contributed by atoms with Gasteiger partial charge in [0, 0.05) is 18.0 Å². The number of nitrogens with one attached hydrogen (secondary N) is 1. The molecule has 1 saturated heterocycles. The molecule has 0 bridgehead atoms. The molecule has 1 aliphatic rings. The number of halogens is 1. The highest BCUT2D eigenvalue weighted by Crippen LogP contribution is 2.27. The number of ether oxygens (including phenoxy) is 1. The van der Waals surface area contributed by atoms with Crippen molar-refractivity contribution in [2.45, 2.75) is 26.4 Å². The van der Waals surface area contributed by atoms with Crippen LogP contribution in [0.1, 0.15) is 19.5 Å². The molecule has 16 heavy (non-hydrogen) atoms. The maximum Gasteiger partial charge on any atom is 0.141 e. The van der Waals surface area contributed by atoms with Crippen LogP contribution in [0.4, 0.5) is 4.39 Å². The molecule has 1 fully saturated rings. The van der Waals surface area contributed by atoms with Gasteiger partial charge in [0.2, 0.25) is 0 Å². The molecule has 88 valence electrons. The SMILES string of the molecule is CC1(C)COCC1NCc1ccc(F)cn1. The van der Waals surface area contributed by atoms with Crippen LogP contribution in [0.2, 0.25) is 0 Å². The Kier molecular flexibility index (Phi) is 3.21. The van der Waals surface area contributed by atoms with Gasteiger partial charge < -0.3 is 10.1 Å². The summed E-state index contributed by atoms with van der Waals surface area (Å²) in [5.41, 5.74) is 1.00. The Bertz CT molecular complexity index is 351. The van der Waals surface area contributed by atoms with Crippen LogP contribution in [0.5, 0.6) is 0 Å². The normalized spacial score (nSPS) is 23.6. The van der Waals surface area contributed by atoms with E-state index in [2.05, 4.69) is 24.1 Å². The minimum Gasteiger partial charge on any atom is -0.379 e. The van der Waals surface area contributed by atoms with Gasteiger partial charge in [0.05, 0.1) is 25.1 Å². The summed E-state index contributed by atoms with van der Waals surface area (Å²) in [6.45, 7) is 6.51. The number of rotatable bonds is 3. The molecule has 4 heteroatoms. The van der Waals surface area contributed by atoms with E-state index in [0.29, 0.717) is 12.6 Å². The highest BCUT2D eigenvalue weighted by atomic mass is 19.1. The van der Waals surface area contributed by atoms with Crippen molar-refractivity contribution in [3.63, 3.8) is 0 Å². The Morgan fingerprint density at radius 2 is 2.38 bits per heavy atom. The van der Waals surface area contributed by atoms with Crippen molar-refractivity contribution in [1.29, 1.82) is 0 Å². The zero-order valence-electron chi connectivity index (χ0n) is 9.66. The lowest BCUT2D eigenvalue weighted by Gasteiger charge is -2.25. The third-order valence-electron chi connectivity index (χ3n) is 3.02. The van der Waals surface area contributed by atoms with Crippen LogP contribution < -0.4 is 5.32 Å². The predicted molar refractivity (Wildman–Crippen MR) is 59.4 cm³/mol. The van der Waals surface area contributed by atoms with E-state index >= 15 is 0 Å². The summed E-state index contributed by atoms with van der Waals surface area (Å²) in [6, 6.07) is 3.46. The molecule has 2 rings (SSSR count). The summed E-state index contributed by atoms with van der Waals surface area (Å²) in [7, 11) is 0. The summed E-state index contributed by atoms with van der Waals surface area (Å²) in [6.07, 6.45) is 1.24. The van der Waals surface area contributed by atoms with E-state index < -0.39 is 0 Å². The molecular formula is C12H17FN2O. The molecule has 1 unspecified atom stereocenters. The van der Waals surface area contributed by atoms with Crippen molar-refractivity contribution >= 4 is 0 Å². The van der Waals surface area contributed by atoms with Gasteiger partial charge in [0.15, 0.2) is 0 Å². The predicted octanol–water partition coefficient (Wildman–Crippen LogP) is 1.74. The Morgan fingerprint density at radius 3 is 2.94 bits per heavy atom. The molecule has 2 heterocycles. The van der Waals surface area contributed by atoms with Crippen LogP contribution in [0, 0.1) is 11.2 Å². The Labute approximate surface area is 95.0 Å². The molecular weight excluding hydrogens is 207 g/mol. The van der Waals surface area contributed by atoms with Crippen molar-refractivity contribution in [1.82, 2.24) is 10.3 Å². The first-order valence-electron chi connectivity index (χ1n) is 5.49. The summed E-state index contributed by atoms with van der Waals surface area (Å²) in [5, 5.41) is 3.40. The second kappa shape index (κ2) is 4.47. The molecule has 1 aliphatic heterocycles. The van der Waals surface area contributed by atoms with Crippen molar-refractivity contribution in [2.75, 3.05) is 13.2 Å². The summed E-state index contributed by atoms with van der Waals surface area (Å²) in [5.74, 6) is -0.298. The number of pyridine rings is 1. The molecule has 1 aromatic heterocycles. The standard InChI is InChI=1S/C12H17FN2O/c1-12(2)8-16-7-11(12)15-6-10-4-3-9(13)5-14-10/h3-5,11,15H,6-8H2,1-2H3. The Hall–Kier alpha value is -1.00. The zero-order valence-corrected chi connectivity index (χ0v) is 9.66. The summed E-state index contributed by atoms with van der Waals surface area (Å²) < 4.78 is 18.1. The molecule has 0 spiro atoms. The minimum absolute atomic E-state index is 0.153. The van der Waals surface area contributed by atoms with Crippen molar-refractivity contribution in [2.24, 2.45) is 5.41 Å². The van der Waals surface area contributed by atoms with Gasteiger partial charge in [-0.3, -0.25) is 4.98 Å². The quantitative estimate of drug-likeness (QED) is 0.849. The van der Waals surface area contributed by atoms with E-state index in [4.69, 9.17) is 4.74 Å². The molecule has 1 atom stereocenters. The smallest absolute Gasteiger partial charge is 0.141 e. The summed E-state index contributed by atoms with van der Waals surface area (Å²) >= 11 is 0. The molecule has 0 aliphatic carbocycles. The summed E-state index contributed by atoms with van der Waals surface area (Å²) in [4.78, 5) is 4.01. The number of hydrogen-bond acceptors (Lipinski definition) is 3. The first kappa shape index (κ1) is 11.5. The number of aromatic nitrogens is 1. The fraction of sp³-hybridized carbons (Fsp3) is 0.583. The highest BCUT2D eigenvalue weighted by Gasteiger charge is 2.35. The van der Waals surface area contributed by atoms with Crippen LogP contribution in [0.15, 0.2) is 18.3 Å². The molecule has 0 amide bonds. The van der Waals surface area contributed by atoms with Crippen LogP contribution in [-0.4, -0.2) is 24.2 Å². The lowest BCUT2D eigenvalue weighted by atomic mass is 9.88. The lowest BCUT2D eigenvalue weighted by Crippen LogP contribution is -2.40. The first-order chi connectivity index (χ1) is 7.58. The van der Waals surface area contributed by atoms with Gasteiger partial charge in [0.1, 0.15) is 5.82 Å². The van der Waals surface area contributed by atoms with E-state index in [1.807, 2.05) is 0 Å². The molecule has 1 aromatic rings. The molecule has 1 N–H and O–H groups in total. The van der Waals surface area contributed by atoms with Crippen LogP contribution in [0.25, 0.3) is 0 Å². The number of nitrogens with zero attached hydrogens (tertiary/aromatic N) is 1. The Morgan fingerprint density at radius 1 is 1.56 bits per heavy atom. The number of hydrogen-bond donors (Lipinski definition) is 1. The highest BCUT2D eigenvalue weighted by molar-refractivity contribution is 5.05. The third-order valence-corrected chi connectivity index (χ3v) is 3.02. The lowest BCUT2D eigenvalue weighted by molar-refractivity contribution is 0.166. The second-order valence-corrected chi connectivity index (χ2v) is 4.90. The van der Waals surface area contributed by atoms with Crippen molar-refractivity contribution < 1.29 is 9.13 Å². The van der Waals surface area contributed by atoms with Crippen LogP contribution >= 0.6 is 0 Å². The molecule has 3 nitrogen and oxygen atoms in total. The first-order valence-corrected chi connectivity index (χ1v) is 5.49. The maximum atomic E-state index is 12.6. The van der Waals surface area contributed by atoms with Crippen molar-refractivity contribution in [3.8, 4) is 0 Å². The topological polar surface area (TPSA) is 34.1 Å². The van der Waals surface area contributed by atoms with Gasteiger partial charge in [-0.25, -0.2) is 4.39 Å². The van der Waals surface area contributed by atoms with Gasteiger partial charge in [-0.2, -0.15) is 0 Å². The van der Waals surface area contributed by atoms with E-state index in [-0.39, 0.29) is 11.2 Å². The molecule has 0 radical (unpaired) electrons. The van der Waals surface area contributed by atoms with E-state index in [1.165, 1.54) is 12.3 Å². The van der Waals surface area contributed by atoms with Crippen LogP contribution in [0.3, 0.4) is 0 Å². The molecule has 0 aromatic carbocycles. The fourth-order valence-corrected chi connectivity index (χ4v) is 1.84. The van der Waals surface area contributed by atoms with Crippen molar-refractivity contribution in [3.05, 3.63) is 29.8 Å². The zero-order chi connectivity index (χ0) is 11.6. The fourth-order valence-electron chi connectivity index (χ4n) is 1.84. The third kappa shape index (κ3) is 2.57. The van der Waals surface area contributed by atoms with Gasteiger partial charge in [0.25, 0.3) is 0 Å². The molecule has 0 saturated carbocycles. The van der Waals surface area contributed by atoms with E-state index in [0.717, 1.165) is 18.9 Å². The van der Waals surface area contributed by atoms with Gasteiger partial charge >= 0.3 is 0 Å². The van der Waals surface area contributed by atoms with Gasteiger partial charge in [-0.05, 0) is 12.1 Å². The van der Waals surface area contributed by atoms with E-state index in [9.17, 15) is 4.39 Å². The average Bonchev–Trinajstić information content (AvgIpc) is 2.57.